The Hall–Kier alpha value is -4.06. The van der Waals surface area contributed by atoms with Crippen LogP contribution in [0, 0.1) is 6.92 Å². The van der Waals surface area contributed by atoms with Gasteiger partial charge in [0.1, 0.15) is 24.7 Å². The minimum Gasteiger partial charge on any atom is -0.502 e. The molecule has 0 aromatic heterocycles. The Balaban J connectivity index is 1.84. The number of carboxylic acid groups (broad SMARTS) is 1. The van der Waals surface area contributed by atoms with Crippen LogP contribution in [0.25, 0.3) is 0 Å². The van der Waals surface area contributed by atoms with Gasteiger partial charge in [-0.2, -0.15) is 0 Å². The molecule has 6 nitrogen and oxygen atoms in total. The lowest BCUT2D eigenvalue weighted by molar-refractivity contribution is -0.135. The summed E-state index contributed by atoms with van der Waals surface area (Å²) >= 11 is 0. The molecule has 0 aliphatic rings. The number of ketones is 1. The summed E-state index contributed by atoms with van der Waals surface area (Å²) in [6.07, 6.45) is 0.656. The number of benzene rings is 3. The smallest absolute Gasteiger partial charge is 0.371 e. The number of aliphatic carboxylic acids is 1. The first-order valence-corrected chi connectivity index (χ1v) is 9.59. The molecule has 0 bridgehead atoms. The van der Waals surface area contributed by atoms with Crippen molar-refractivity contribution >= 4 is 11.8 Å². The molecule has 0 unspecified atom stereocenters. The fourth-order valence-corrected chi connectivity index (χ4v) is 2.86. The quantitative estimate of drug-likeness (QED) is 0.293. The molecule has 0 saturated carbocycles. The Morgan fingerprint density at radius 2 is 1.42 bits per heavy atom. The summed E-state index contributed by atoms with van der Waals surface area (Å²) in [4.78, 5) is 23.3. The molecule has 2 N–H and O–H groups in total. The fourth-order valence-electron chi connectivity index (χ4n) is 2.86. The average molecular weight is 418 g/mol. The van der Waals surface area contributed by atoms with E-state index in [2.05, 4.69) is 0 Å². The van der Waals surface area contributed by atoms with Crippen molar-refractivity contribution in [2.75, 3.05) is 0 Å². The normalized spacial score (nSPS) is 11.1. The number of aliphatic hydroxyl groups is 1. The molecule has 0 radical (unpaired) electrons. The molecule has 0 atom stereocenters. The fraction of sp³-hybridized carbons (Fsp3) is 0.120. The number of carbonyl (C=O) groups is 2. The van der Waals surface area contributed by atoms with Gasteiger partial charge in [0.25, 0.3) is 0 Å². The molecule has 0 aliphatic heterocycles. The van der Waals surface area contributed by atoms with E-state index in [0.29, 0.717) is 17.6 Å². The first-order chi connectivity index (χ1) is 14.9. The number of hydrogen-bond acceptors (Lipinski definition) is 5. The highest BCUT2D eigenvalue weighted by atomic mass is 16.5. The maximum Gasteiger partial charge on any atom is 0.371 e. The van der Waals surface area contributed by atoms with Crippen molar-refractivity contribution in [1.82, 2.24) is 0 Å². The third kappa shape index (κ3) is 6.47. The predicted molar refractivity (Wildman–Crippen MR) is 115 cm³/mol. The molecule has 0 amide bonds. The Morgan fingerprint density at radius 1 is 0.806 bits per heavy atom. The van der Waals surface area contributed by atoms with Crippen LogP contribution in [0.2, 0.25) is 0 Å². The minimum absolute atomic E-state index is 0.137. The van der Waals surface area contributed by atoms with Gasteiger partial charge in [0.2, 0.25) is 5.76 Å². The number of ether oxygens (including phenoxy) is 2. The highest BCUT2D eigenvalue weighted by molar-refractivity contribution is 6.08. The highest BCUT2D eigenvalue weighted by Gasteiger charge is 2.13. The van der Waals surface area contributed by atoms with E-state index in [-0.39, 0.29) is 18.8 Å². The molecular formula is C25H22O6. The predicted octanol–water partition coefficient (Wildman–Crippen LogP) is 4.86. The topological polar surface area (TPSA) is 93.1 Å². The maximum absolute atomic E-state index is 12.4. The number of hydrogen-bond donors (Lipinski definition) is 2. The Labute approximate surface area is 180 Å². The van der Waals surface area contributed by atoms with Crippen LogP contribution in [0.1, 0.15) is 27.0 Å². The zero-order valence-electron chi connectivity index (χ0n) is 16.9. The van der Waals surface area contributed by atoms with E-state index in [1.807, 2.05) is 61.5 Å². The molecule has 6 heteroatoms. The SMILES string of the molecule is Cc1cccc(COc2cc(OCc3ccccc3)cc(C(=O)/C=C(\O)C(=O)O)c2)c1. The Morgan fingerprint density at radius 3 is 2.03 bits per heavy atom. The first-order valence-electron chi connectivity index (χ1n) is 9.59. The second-order valence-corrected chi connectivity index (χ2v) is 6.94. The molecular weight excluding hydrogens is 396 g/mol. The van der Waals surface area contributed by atoms with Crippen molar-refractivity contribution in [3.05, 3.63) is 107 Å². The van der Waals surface area contributed by atoms with Crippen molar-refractivity contribution < 1.29 is 29.3 Å². The van der Waals surface area contributed by atoms with E-state index in [1.54, 1.807) is 6.07 Å². The summed E-state index contributed by atoms with van der Waals surface area (Å²) in [7, 11) is 0. The van der Waals surface area contributed by atoms with Gasteiger partial charge < -0.3 is 19.7 Å². The molecule has 158 valence electrons. The number of allylic oxidation sites excluding steroid dienone is 1. The third-order valence-corrected chi connectivity index (χ3v) is 4.39. The minimum atomic E-state index is -1.58. The van der Waals surface area contributed by atoms with E-state index in [4.69, 9.17) is 14.6 Å². The Kier molecular flexibility index (Phi) is 7.06. The van der Waals surface area contributed by atoms with E-state index in [9.17, 15) is 14.7 Å². The van der Waals surface area contributed by atoms with Crippen LogP contribution in [0.3, 0.4) is 0 Å². The van der Waals surface area contributed by atoms with Crippen LogP contribution in [-0.2, 0) is 18.0 Å². The van der Waals surface area contributed by atoms with Crippen molar-refractivity contribution in [3.8, 4) is 11.5 Å². The van der Waals surface area contributed by atoms with Crippen LogP contribution >= 0.6 is 0 Å². The number of aliphatic hydroxyl groups excluding tert-OH is 1. The second-order valence-electron chi connectivity index (χ2n) is 6.94. The number of aryl methyl sites for hydroxylation is 1. The van der Waals surface area contributed by atoms with Crippen LogP contribution in [0.4, 0.5) is 0 Å². The lowest BCUT2D eigenvalue weighted by Crippen LogP contribution is -2.05. The first kappa shape index (κ1) is 21.6. The summed E-state index contributed by atoms with van der Waals surface area (Å²) < 4.78 is 11.7. The zero-order chi connectivity index (χ0) is 22.2. The van der Waals surface area contributed by atoms with Gasteiger partial charge in [-0.15, -0.1) is 0 Å². The highest BCUT2D eigenvalue weighted by Crippen LogP contribution is 2.25. The van der Waals surface area contributed by atoms with E-state index in [1.165, 1.54) is 12.1 Å². The summed E-state index contributed by atoms with van der Waals surface area (Å²) in [5, 5.41) is 18.2. The molecule has 0 fully saturated rings. The largest absolute Gasteiger partial charge is 0.502 e. The van der Waals surface area contributed by atoms with Crippen LogP contribution in [-0.4, -0.2) is 22.0 Å². The molecule has 0 saturated heterocycles. The van der Waals surface area contributed by atoms with Crippen LogP contribution in [0.15, 0.2) is 84.6 Å². The molecule has 0 heterocycles. The van der Waals surface area contributed by atoms with E-state index < -0.39 is 17.5 Å². The van der Waals surface area contributed by atoms with E-state index >= 15 is 0 Å². The zero-order valence-corrected chi connectivity index (χ0v) is 16.9. The van der Waals surface area contributed by atoms with Gasteiger partial charge in [-0.25, -0.2) is 4.79 Å². The third-order valence-electron chi connectivity index (χ3n) is 4.39. The summed E-state index contributed by atoms with van der Waals surface area (Å²) in [6.45, 7) is 2.55. The van der Waals surface area contributed by atoms with Gasteiger partial charge >= 0.3 is 5.97 Å². The van der Waals surface area contributed by atoms with Gasteiger partial charge in [0.15, 0.2) is 5.78 Å². The summed E-state index contributed by atoms with van der Waals surface area (Å²) in [5.74, 6) is -2.52. The van der Waals surface area contributed by atoms with Gasteiger partial charge in [-0.05, 0) is 30.2 Å². The number of carbonyl (C=O) groups excluding carboxylic acids is 1. The molecule has 0 aliphatic carbocycles. The monoisotopic (exact) mass is 418 g/mol. The van der Waals surface area contributed by atoms with E-state index in [0.717, 1.165) is 16.7 Å². The molecule has 0 spiro atoms. The maximum atomic E-state index is 12.4. The van der Waals surface area contributed by atoms with Crippen LogP contribution in [0.5, 0.6) is 11.5 Å². The Bertz CT molecular complexity index is 1100. The van der Waals surface area contributed by atoms with Gasteiger partial charge in [-0.1, -0.05) is 60.2 Å². The average Bonchev–Trinajstić information content (AvgIpc) is 2.77. The lowest BCUT2D eigenvalue weighted by Gasteiger charge is -2.12. The second kappa shape index (κ2) is 10.1. The number of rotatable bonds is 9. The standard InChI is InChI=1S/C25H22O6/c1-17-6-5-9-19(10-17)16-31-22-12-20(23(26)14-24(27)25(28)29)11-21(13-22)30-15-18-7-3-2-4-8-18/h2-14,27H,15-16H2,1H3,(H,28,29)/b24-14-. The number of carboxylic acids is 1. The van der Waals surface area contributed by atoms with Crippen molar-refractivity contribution in [2.24, 2.45) is 0 Å². The molecule has 3 rings (SSSR count). The molecule has 3 aromatic carbocycles. The van der Waals surface area contributed by atoms with Gasteiger partial charge in [0, 0.05) is 17.7 Å². The van der Waals surface area contributed by atoms with Crippen molar-refractivity contribution in [1.29, 1.82) is 0 Å². The van der Waals surface area contributed by atoms with Crippen LogP contribution < -0.4 is 9.47 Å². The molecule has 31 heavy (non-hydrogen) atoms. The molecule has 3 aromatic rings. The summed E-state index contributed by atoms with van der Waals surface area (Å²) in [5.41, 5.74) is 3.15. The van der Waals surface area contributed by atoms with Crippen molar-refractivity contribution in [3.63, 3.8) is 0 Å². The summed E-state index contributed by atoms with van der Waals surface area (Å²) in [6, 6.07) is 22.0. The van der Waals surface area contributed by atoms with Crippen molar-refractivity contribution in [2.45, 2.75) is 20.1 Å². The lowest BCUT2D eigenvalue weighted by atomic mass is 10.1. The van der Waals surface area contributed by atoms with Gasteiger partial charge in [-0.3, -0.25) is 4.79 Å². The van der Waals surface area contributed by atoms with Gasteiger partial charge in [0.05, 0.1) is 0 Å².